The number of alkyl halides is 9. The Bertz CT molecular complexity index is 1440. The lowest BCUT2D eigenvalue weighted by Gasteiger charge is -2.34. The highest BCUT2D eigenvalue weighted by Gasteiger charge is 2.83. The first-order valence-electron chi connectivity index (χ1n) is 11.1. The number of halogens is 9. The molecule has 0 aliphatic carbocycles. The van der Waals surface area contributed by atoms with Crippen molar-refractivity contribution in [3.8, 4) is 5.75 Å². The Morgan fingerprint density at radius 2 is 1.10 bits per heavy atom. The average Bonchev–Trinajstić information content (AvgIpc) is 2.90. The zero-order valence-electron chi connectivity index (χ0n) is 21.0. The quantitative estimate of drug-likeness (QED) is 0.0645. The van der Waals surface area contributed by atoms with E-state index in [0.717, 1.165) is 0 Å². The highest BCUT2D eigenvalue weighted by atomic mass is 32.2. The van der Waals surface area contributed by atoms with Gasteiger partial charge >= 0.3 is 29.2 Å². The van der Waals surface area contributed by atoms with Crippen LogP contribution in [0.4, 0.5) is 39.5 Å². The van der Waals surface area contributed by atoms with Crippen molar-refractivity contribution in [2.75, 3.05) is 0 Å². The molecule has 0 aliphatic rings. The Morgan fingerprint density at radius 3 is 1.43 bits per heavy atom. The first kappa shape index (κ1) is 34.7. The summed E-state index contributed by atoms with van der Waals surface area (Å²) in [5.74, 6) is -14.7. The standard InChI is InChI=1S/C22H19O2S.C4HF9O3S/c1-17(2)22(23)24-18-13-15-21(16-14-18)25(19-9-5-3-6-10-19)20-11-7-4-8-12-20;5-1(6,3(9,10)11)2(7,8)4(12,13)17(14,15)16/h3-16H,1H2,2H3;(H,14,15,16)/q+1;/p-1. The second-order valence-electron chi connectivity index (χ2n) is 8.19. The van der Waals surface area contributed by atoms with E-state index in [1.54, 1.807) is 6.92 Å². The number of esters is 1. The van der Waals surface area contributed by atoms with Gasteiger partial charge in [0.25, 0.3) is 0 Å². The molecule has 0 amide bonds. The van der Waals surface area contributed by atoms with Gasteiger partial charge in [0.05, 0.1) is 10.9 Å². The third kappa shape index (κ3) is 7.46. The molecule has 0 radical (unpaired) electrons. The van der Waals surface area contributed by atoms with Gasteiger partial charge in [-0.15, -0.1) is 0 Å². The smallest absolute Gasteiger partial charge is 0.460 e. The summed E-state index contributed by atoms with van der Waals surface area (Å²) in [7, 11) is -7.62. The molecule has 42 heavy (non-hydrogen) atoms. The monoisotopic (exact) mass is 646 g/mol. The Labute approximate surface area is 236 Å². The van der Waals surface area contributed by atoms with Gasteiger partial charge in [-0.2, -0.15) is 39.5 Å². The number of rotatable bonds is 8. The number of carbonyl (C=O) groups excluding carboxylic acids is 1. The molecule has 0 saturated heterocycles. The maximum atomic E-state index is 12.2. The SMILES string of the molecule is C=C(C)C(=O)Oc1ccc([S+](c2ccccc2)c2ccccc2)cc1.O=S(=O)([O-])C(F)(F)C(F)(F)C(F)(F)C(F)(F)F. The van der Waals surface area contributed by atoms with Gasteiger partial charge in [-0.25, -0.2) is 13.2 Å². The van der Waals surface area contributed by atoms with Gasteiger partial charge in [0.2, 0.25) is 0 Å². The van der Waals surface area contributed by atoms with Crippen LogP contribution in [0.5, 0.6) is 5.75 Å². The van der Waals surface area contributed by atoms with Crippen molar-refractivity contribution in [2.24, 2.45) is 0 Å². The largest absolute Gasteiger partial charge is 0.743 e. The van der Waals surface area contributed by atoms with Gasteiger partial charge < -0.3 is 9.29 Å². The fourth-order valence-electron chi connectivity index (χ4n) is 2.88. The van der Waals surface area contributed by atoms with E-state index in [4.69, 9.17) is 4.74 Å². The zero-order valence-corrected chi connectivity index (χ0v) is 22.7. The van der Waals surface area contributed by atoms with E-state index in [1.165, 1.54) is 14.7 Å². The molecule has 0 spiro atoms. The first-order valence-corrected chi connectivity index (χ1v) is 13.8. The highest BCUT2D eigenvalue weighted by molar-refractivity contribution is 7.97. The van der Waals surface area contributed by atoms with Gasteiger partial charge in [-0.3, -0.25) is 0 Å². The topological polar surface area (TPSA) is 83.5 Å². The third-order valence-corrected chi connectivity index (χ3v) is 8.12. The fourth-order valence-corrected chi connectivity index (χ4v) is 5.40. The van der Waals surface area contributed by atoms with Crippen LogP contribution >= 0.6 is 0 Å². The van der Waals surface area contributed by atoms with E-state index in [9.17, 15) is 57.3 Å². The van der Waals surface area contributed by atoms with Crippen LogP contribution in [-0.4, -0.2) is 42.2 Å². The predicted molar refractivity (Wildman–Crippen MR) is 133 cm³/mol. The Morgan fingerprint density at radius 1 is 0.714 bits per heavy atom. The number of hydrogen-bond acceptors (Lipinski definition) is 5. The molecule has 228 valence electrons. The van der Waals surface area contributed by atoms with E-state index < -0.39 is 39.4 Å². The van der Waals surface area contributed by atoms with Crippen LogP contribution in [0.25, 0.3) is 0 Å². The van der Waals surface area contributed by atoms with Gasteiger partial charge in [0, 0.05) is 5.57 Å². The minimum atomic E-state index is -7.43. The molecule has 0 aliphatic heterocycles. The summed E-state index contributed by atoms with van der Waals surface area (Å²) in [5, 5.41) is -7.11. The lowest BCUT2D eigenvalue weighted by molar-refractivity contribution is -0.382. The Kier molecular flexibility index (Phi) is 10.6. The molecule has 0 unspecified atom stereocenters. The molecule has 0 heterocycles. The maximum absolute atomic E-state index is 12.2. The molecule has 3 rings (SSSR count). The van der Waals surface area contributed by atoms with E-state index in [1.807, 2.05) is 36.4 Å². The second-order valence-corrected chi connectivity index (χ2v) is 11.6. The molecule has 0 saturated carbocycles. The van der Waals surface area contributed by atoms with Crippen molar-refractivity contribution in [3.63, 3.8) is 0 Å². The van der Waals surface area contributed by atoms with Crippen LogP contribution in [0.15, 0.2) is 112 Å². The Hall–Kier alpha value is -3.50. The summed E-state index contributed by atoms with van der Waals surface area (Å²) in [4.78, 5) is 15.3. The Balaban J connectivity index is 0.000000319. The number of ether oxygens (including phenoxy) is 1. The van der Waals surface area contributed by atoms with Crippen LogP contribution in [0.2, 0.25) is 0 Å². The molecule has 0 aromatic heterocycles. The maximum Gasteiger partial charge on any atom is 0.460 e. The van der Waals surface area contributed by atoms with Crippen molar-refractivity contribution in [1.29, 1.82) is 0 Å². The third-order valence-electron chi connectivity index (χ3n) is 5.01. The minimum Gasteiger partial charge on any atom is -0.743 e. The number of hydrogen-bond donors (Lipinski definition) is 0. The van der Waals surface area contributed by atoms with Crippen molar-refractivity contribution >= 4 is 27.0 Å². The summed E-state index contributed by atoms with van der Waals surface area (Å²) >= 11 is 0. The van der Waals surface area contributed by atoms with Crippen molar-refractivity contribution in [3.05, 3.63) is 97.1 Å². The summed E-state index contributed by atoms with van der Waals surface area (Å²) in [6.07, 6.45) is -7.16. The lowest BCUT2D eigenvalue weighted by atomic mass is 10.1. The normalized spacial score (nSPS) is 12.8. The summed E-state index contributed by atoms with van der Waals surface area (Å²) in [5.41, 5.74) is 0.386. The number of carbonyl (C=O) groups is 1. The van der Waals surface area contributed by atoms with Crippen LogP contribution in [0.3, 0.4) is 0 Å². The fraction of sp³-hybridized carbons (Fsp3) is 0.192. The molecule has 0 fully saturated rings. The summed E-state index contributed by atoms with van der Waals surface area (Å²) < 4.78 is 141. The number of benzene rings is 3. The molecule has 3 aromatic carbocycles. The van der Waals surface area contributed by atoms with Gasteiger partial charge in [0.15, 0.2) is 24.8 Å². The van der Waals surface area contributed by atoms with E-state index >= 15 is 0 Å². The predicted octanol–water partition coefficient (Wildman–Crippen LogP) is 7.22. The van der Waals surface area contributed by atoms with Gasteiger partial charge in [-0.1, -0.05) is 43.0 Å². The molecule has 16 heteroatoms. The molecular formula is C26H19F9O5S2. The highest BCUT2D eigenvalue weighted by Crippen LogP contribution is 2.54. The molecule has 5 nitrogen and oxygen atoms in total. The molecule has 0 bridgehead atoms. The summed E-state index contributed by atoms with van der Waals surface area (Å²) in [6, 6.07) is 28.6. The van der Waals surface area contributed by atoms with Crippen LogP contribution in [0, 0.1) is 0 Å². The molecule has 0 N–H and O–H groups in total. The van der Waals surface area contributed by atoms with E-state index in [0.29, 0.717) is 11.3 Å². The van der Waals surface area contributed by atoms with Crippen LogP contribution < -0.4 is 4.74 Å². The van der Waals surface area contributed by atoms with Gasteiger partial charge in [0.1, 0.15) is 5.75 Å². The molecular weight excluding hydrogens is 627 g/mol. The van der Waals surface area contributed by atoms with Crippen molar-refractivity contribution < 1.29 is 62.0 Å². The lowest BCUT2D eigenvalue weighted by Crippen LogP contribution is -2.63. The molecule has 3 aromatic rings. The summed E-state index contributed by atoms with van der Waals surface area (Å²) in [6.45, 7) is 5.24. The van der Waals surface area contributed by atoms with Gasteiger partial charge in [-0.05, 0) is 55.5 Å². The van der Waals surface area contributed by atoms with Crippen molar-refractivity contribution in [2.45, 2.75) is 44.9 Å². The van der Waals surface area contributed by atoms with E-state index in [2.05, 4.69) is 55.1 Å². The molecule has 0 atom stereocenters. The first-order chi connectivity index (χ1) is 19.1. The average molecular weight is 647 g/mol. The van der Waals surface area contributed by atoms with Crippen LogP contribution in [0.1, 0.15) is 6.92 Å². The second kappa shape index (κ2) is 12.8. The zero-order chi connectivity index (χ0) is 32.1. The minimum absolute atomic E-state index is 0.202. The van der Waals surface area contributed by atoms with Crippen LogP contribution in [-0.2, 0) is 25.8 Å². The van der Waals surface area contributed by atoms with Crippen molar-refractivity contribution in [1.82, 2.24) is 0 Å². The van der Waals surface area contributed by atoms with E-state index in [-0.39, 0.29) is 10.9 Å².